The number of rotatable bonds is 5. The predicted octanol–water partition coefficient (Wildman–Crippen LogP) is 6.82. The van der Waals surface area contributed by atoms with E-state index < -0.39 is 5.41 Å². The standard InChI is InChI=1S/C37H33N7/c1-5-13-25(6-2)32-40-44-30-19-18-24-20-28(30)36(7-3,21-24)37(35(44)42(32)26-14-9-8-10-15-26)27-16-11-12-17-29(27)43-33-31(22-38-23-39-33)41(4)34(37)43/h5-6,8-20,22-23,34-35H,1-2,7,21H2,3-4H3/b25-13+. The molecule has 4 aliphatic heterocycles. The van der Waals surface area contributed by atoms with E-state index in [1.54, 1.807) is 6.33 Å². The minimum absolute atomic E-state index is 0.0715. The highest BCUT2D eigenvalue weighted by molar-refractivity contribution is 6.15. The topological polar surface area (TPSA) is 51.1 Å². The lowest BCUT2D eigenvalue weighted by Gasteiger charge is -2.60. The van der Waals surface area contributed by atoms with Crippen molar-refractivity contribution < 1.29 is 0 Å². The maximum Gasteiger partial charge on any atom is 0.162 e. The fraction of sp³-hybridized carbons (Fsp3) is 0.216. The average molecular weight is 576 g/mol. The molecule has 0 N–H and O–H groups in total. The SMILES string of the molecule is C=C/C=C(\C=C)C1=NN2c3ccc4cc3C(CC)(C4)C3(c4ccccc4N4c5ncncc5N(C)C43)C2N1c1ccccc1. The van der Waals surface area contributed by atoms with Gasteiger partial charge in [0.2, 0.25) is 0 Å². The number of para-hydroxylation sites is 2. The Kier molecular flexibility index (Phi) is 5.01. The van der Waals surface area contributed by atoms with E-state index in [0.717, 1.165) is 41.4 Å². The summed E-state index contributed by atoms with van der Waals surface area (Å²) in [5.41, 5.74) is 8.85. The Bertz CT molecular complexity index is 1950. The number of amidine groups is 1. The molecule has 4 atom stereocenters. The van der Waals surface area contributed by atoms with Gasteiger partial charge in [0, 0.05) is 29.4 Å². The minimum atomic E-state index is -0.474. The lowest BCUT2D eigenvalue weighted by Crippen LogP contribution is -2.74. The van der Waals surface area contributed by atoms with Gasteiger partial charge in [0.15, 0.2) is 11.7 Å². The van der Waals surface area contributed by atoms with Crippen molar-refractivity contribution >= 4 is 34.4 Å². The van der Waals surface area contributed by atoms with E-state index in [9.17, 15) is 0 Å². The Morgan fingerprint density at radius 3 is 2.55 bits per heavy atom. The summed E-state index contributed by atoms with van der Waals surface area (Å²) in [6.45, 7) is 10.6. The first kappa shape index (κ1) is 25.3. The van der Waals surface area contributed by atoms with Gasteiger partial charge in [0.1, 0.15) is 24.3 Å². The highest BCUT2D eigenvalue weighted by Gasteiger charge is 2.75. The van der Waals surface area contributed by atoms with Crippen molar-refractivity contribution in [3.63, 3.8) is 0 Å². The number of nitrogens with zero attached hydrogens (tertiary/aromatic N) is 7. The van der Waals surface area contributed by atoms with Crippen molar-refractivity contribution in [1.82, 2.24) is 9.97 Å². The molecule has 44 heavy (non-hydrogen) atoms. The molecule has 9 rings (SSSR count). The number of benzene rings is 3. The Morgan fingerprint density at radius 2 is 1.75 bits per heavy atom. The maximum absolute atomic E-state index is 5.53. The molecule has 1 spiro atoms. The third-order valence-corrected chi connectivity index (χ3v) is 10.8. The predicted molar refractivity (Wildman–Crippen MR) is 178 cm³/mol. The molecule has 0 saturated heterocycles. The molecule has 216 valence electrons. The summed E-state index contributed by atoms with van der Waals surface area (Å²) in [5.74, 6) is 1.82. The summed E-state index contributed by atoms with van der Waals surface area (Å²) in [6, 6.07) is 26.7. The van der Waals surface area contributed by atoms with Crippen molar-refractivity contribution in [3.05, 3.63) is 139 Å². The van der Waals surface area contributed by atoms with Gasteiger partial charge in [-0.2, -0.15) is 5.10 Å². The minimum Gasteiger partial charge on any atom is -0.349 e. The smallest absolute Gasteiger partial charge is 0.162 e. The molecule has 0 amide bonds. The molecular formula is C37H33N7. The third-order valence-electron chi connectivity index (χ3n) is 10.8. The summed E-state index contributed by atoms with van der Waals surface area (Å²) < 4.78 is 0. The fourth-order valence-electron chi connectivity index (χ4n) is 9.24. The number of anilines is 5. The monoisotopic (exact) mass is 575 g/mol. The van der Waals surface area contributed by atoms with Crippen LogP contribution >= 0.6 is 0 Å². The highest BCUT2D eigenvalue weighted by atomic mass is 15.6. The van der Waals surface area contributed by atoms with Crippen molar-refractivity contribution in [1.29, 1.82) is 0 Å². The van der Waals surface area contributed by atoms with E-state index in [1.165, 1.54) is 28.1 Å². The van der Waals surface area contributed by atoms with Gasteiger partial charge in [-0.25, -0.2) is 15.0 Å². The van der Waals surface area contributed by atoms with Gasteiger partial charge in [-0.1, -0.05) is 86.8 Å². The quantitative estimate of drug-likeness (QED) is 0.243. The number of hydrogen-bond donors (Lipinski definition) is 0. The van der Waals surface area contributed by atoms with Crippen LogP contribution in [0.15, 0.2) is 127 Å². The second kappa shape index (κ2) is 8.69. The number of hydrogen-bond acceptors (Lipinski definition) is 7. The molecule has 3 aromatic carbocycles. The number of allylic oxidation sites excluding steroid dienone is 2. The second-order valence-electron chi connectivity index (χ2n) is 12.3. The molecule has 7 nitrogen and oxygen atoms in total. The normalized spacial score (nSPS) is 26.9. The van der Waals surface area contributed by atoms with Gasteiger partial charge in [-0.3, -0.25) is 0 Å². The van der Waals surface area contributed by atoms with Crippen LogP contribution in [0, 0.1) is 0 Å². The number of aromatic nitrogens is 2. The molecule has 0 radical (unpaired) electrons. The van der Waals surface area contributed by atoms with Crippen molar-refractivity contribution in [2.45, 2.75) is 42.9 Å². The van der Waals surface area contributed by atoms with Crippen molar-refractivity contribution in [2.75, 3.05) is 26.8 Å². The molecule has 0 saturated carbocycles. The molecule has 7 heteroatoms. The van der Waals surface area contributed by atoms with Crippen molar-refractivity contribution in [3.8, 4) is 0 Å². The van der Waals surface area contributed by atoms with Crippen LogP contribution in [-0.4, -0.2) is 35.2 Å². The lowest BCUT2D eigenvalue weighted by molar-refractivity contribution is 0.136. The van der Waals surface area contributed by atoms with Gasteiger partial charge in [-0.15, -0.1) is 0 Å². The largest absolute Gasteiger partial charge is 0.349 e. The van der Waals surface area contributed by atoms with Gasteiger partial charge in [-0.05, 0) is 53.8 Å². The first-order chi connectivity index (χ1) is 21.6. The Balaban J connectivity index is 1.43. The van der Waals surface area contributed by atoms with Crippen LogP contribution in [0.1, 0.15) is 30.0 Å². The molecular weight excluding hydrogens is 542 g/mol. The first-order valence-corrected chi connectivity index (χ1v) is 15.3. The van der Waals surface area contributed by atoms with Gasteiger partial charge in [0.25, 0.3) is 0 Å². The number of likely N-dealkylation sites (N-methyl/N-ethyl adjacent to an activating group) is 1. The zero-order valence-electron chi connectivity index (χ0n) is 24.9. The van der Waals surface area contributed by atoms with Crippen LogP contribution in [0.5, 0.6) is 0 Å². The summed E-state index contributed by atoms with van der Waals surface area (Å²) in [6.07, 6.45) is 11.0. The van der Waals surface area contributed by atoms with Crippen molar-refractivity contribution in [2.24, 2.45) is 5.10 Å². The van der Waals surface area contributed by atoms with E-state index in [-0.39, 0.29) is 17.7 Å². The molecule has 1 aromatic heterocycles. The Labute approximate surface area is 257 Å². The third kappa shape index (κ3) is 2.72. The summed E-state index contributed by atoms with van der Waals surface area (Å²) in [7, 11) is 2.21. The zero-order chi connectivity index (χ0) is 29.8. The van der Waals surface area contributed by atoms with Gasteiger partial charge < -0.3 is 14.7 Å². The second-order valence-corrected chi connectivity index (χ2v) is 12.3. The van der Waals surface area contributed by atoms with Gasteiger partial charge in [0.05, 0.1) is 17.3 Å². The molecule has 4 aromatic rings. The van der Waals surface area contributed by atoms with Crippen LogP contribution in [0.3, 0.4) is 0 Å². The number of fused-ring (bicyclic) bond motifs is 12. The van der Waals surface area contributed by atoms with E-state index in [0.29, 0.717) is 0 Å². The van der Waals surface area contributed by atoms with Crippen LogP contribution in [-0.2, 0) is 17.3 Å². The van der Waals surface area contributed by atoms with E-state index in [4.69, 9.17) is 10.1 Å². The average Bonchev–Trinajstić information content (AvgIpc) is 3.79. The highest BCUT2D eigenvalue weighted by Crippen LogP contribution is 2.70. The molecule has 1 aliphatic carbocycles. The molecule has 5 aliphatic rings. The first-order valence-electron chi connectivity index (χ1n) is 15.3. The van der Waals surface area contributed by atoms with Gasteiger partial charge >= 0.3 is 0 Å². The maximum atomic E-state index is 5.53. The summed E-state index contributed by atoms with van der Waals surface area (Å²) >= 11 is 0. The zero-order valence-corrected chi connectivity index (χ0v) is 24.9. The van der Waals surface area contributed by atoms with E-state index in [2.05, 4.69) is 125 Å². The van der Waals surface area contributed by atoms with Crippen LogP contribution in [0.25, 0.3) is 0 Å². The molecule has 4 unspecified atom stereocenters. The lowest BCUT2D eigenvalue weighted by atomic mass is 9.51. The van der Waals surface area contributed by atoms with E-state index >= 15 is 0 Å². The molecule has 0 fully saturated rings. The Hall–Kier alpha value is -5.17. The van der Waals surface area contributed by atoms with Crippen LogP contribution in [0.4, 0.5) is 28.6 Å². The number of hydrazone groups is 1. The molecule has 5 heterocycles. The molecule has 2 bridgehead atoms. The van der Waals surface area contributed by atoms with E-state index in [1.807, 2.05) is 24.4 Å². The summed E-state index contributed by atoms with van der Waals surface area (Å²) in [4.78, 5) is 16.7. The Morgan fingerprint density at radius 1 is 0.932 bits per heavy atom. The van der Waals surface area contributed by atoms with Crippen LogP contribution in [0.2, 0.25) is 0 Å². The summed E-state index contributed by atoms with van der Waals surface area (Å²) in [5, 5.41) is 7.84. The van der Waals surface area contributed by atoms with Crippen LogP contribution < -0.4 is 19.7 Å². The fourth-order valence-corrected chi connectivity index (χ4v) is 9.24.